The molecule has 0 amide bonds. The number of phosphoric ester groups is 1. The normalized spacial score (nSPS) is 29.2. The number of ether oxygens (including phenoxy) is 1. The van der Waals surface area contributed by atoms with E-state index in [-0.39, 0.29) is 22.4 Å². The van der Waals surface area contributed by atoms with Crippen molar-refractivity contribution in [3.63, 3.8) is 0 Å². The second kappa shape index (κ2) is 7.73. The Morgan fingerprint density at radius 2 is 2.03 bits per heavy atom. The zero-order valence-corrected chi connectivity index (χ0v) is 17.0. The van der Waals surface area contributed by atoms with E-state index in [9.17, 15) is 29.0 Å². The maximum atomic E-state index is 11.6. The summed E-state index contributed by atoms with van der Waals surface area (Å²) in [7, 11) is -10.5. The van der Waals surface area contributed by atoms with Crippen molar-refractivity contribution in [1.29, 1.82) is 0 Å². The van der Waals surface area contributed by atoms with Gasteiger partial charge in [-0.25, -0.2) is 19.1 Å². The molecule has 1 aliphatic heterocycles. The molecule has 1 aliphatic rings. The molecule has 1 saturated heterocycles. The molecule has 2 aromatic heterocycles. The number of phosphoric acid groups is 2. The lowest BCUT2D eigenvalue weighted by molar-refractivity contribution is -0.0947. The van der Waals surface area contributed by atoms with Crippen LogP contribution in [0.2, 0.25) is 0 Å². The van der Waals surface area contributed by atoms with Gasteiger partial charge in [0.25, 0.3) is 0 Å². The first-order valence-electron chi connectivity index (χ1n) is 8.13. The molecule has 5 atom stereocenters. The molecule has 3 rings (SSSR count). The van der Waals surface area contributed by atoms with Crippen molar-refractivity contribution in [1.82, 2.24) is 14.5 Å². The molecule has 7 N–H and O–H groups in total. The van der Waals surface area contributed by atoms with E-state index in [1.807, 2.05) is 0 Å². The number of fused-ring (bicyclic) bond motifs is 1. The van der Waals surface area contributed by atoms with Gasteiger partial charge in [0.15, 0.2) is 12.5 Å². The third kappa shape index (κ3) is 4.31. The van der Waals surface area contributed by atoms with Gasteiger partial charge in [0.05, 0.1) is 12.0 Å². The first-order chi connectivity index (χ1) is 13.8. The van der Waals surface area contributed by atoms with Gasteiger partial charge in [-0.3, -0.25) is 9.32 Å². The topological polar surface area (TPSA) is 237 Å². The average Bonchev–Trinajstić information content (AvgIpc) is 3.08. The molecule has 30 heavy (non-hydrogen) atoms. The number of hydrogen-bond acceptors (Lipinski definition) is 11. The van der Waals surface area contributed by atoms with Crippen molar-refractivity contribution < 1.29 is 52.4 Å². The second-order valence-corrected chi connectivity index (χ2v) is 9.43. The van der Waals surface area contributed by atoms with E-state index < -0.39 is 46.3 Å². The molecule has 0 radical (unpaired) electrons. The molecular weight excluding hydrogens is 450 g/mol. The smallest absolute Gasteiger partial charge is 0.387 e. The van der Waals surface area contributed by atoms with Gasteiger partial charge in [-0.1, -0.05) is 0 Å². The van der Waals surface area contributed by atoms with Crippen molar-refractivity contribution >= 4 is 38.8 Å². The van der Waals surface area contributed by atoms with Crippen molar-refractivity contribution in [2.24, 2.45) is 0 Å². The Hall–Kier alpha value is -1.77. The number of rotatable bonds is 7. The van der Waals surface area contributed by atoms with Gasteiger partial charge in [0.1, 0.15) is 35.6 Å². The standard InChI is InChI=1S/C13H18N4O11P2/c1-13(20)9(19)7(4-26-30(24,25)28-29(21,22)23)27-12(13)17-2-6(3-18)8-10(14)15-5-16-11(8)17/h2-3,5,7,9,12,19-20H,4H2,1H3,(H,24,25)(H2,14,15,16)(H2,21,22,23)/t7?,9?,12?,13-/m1/s1. The van der Waals surface area contributed by atoms with E-state index in [0.717, 1.165) is 6.33 Å². The zero-order chi connectivity index (χ0) is 22.5. The molecule has 0 spiro atoms. The maximum absolute atomic E-state index is 11.6. The highest BCUT2D eigenvalue weighted by molar-refractivity contribution is 7.60. The van der Waals surface area contributed by atoms with Gasteiger partial charge >= 0.3 is 15.6 Å². The summed E-state index contributed by atoms with van der Waals surface area (Å²) in [4.78, 5) is 45.8. The van der Waals surface area contributed by atoms with Crippen LogP contribution in [0.5, 0.6) is 0 Å². The van der Waals surface area contributed by atoms with E-state index in [2.05, 4.69) is 18.8 Å². The Morgan fingerprint density at radius 1 is 1.37 bits per heavy atom. The van der Waals surface area contributed by atoms with Crippen LogP contribution in [0, 0.1) is 0 Å². The SMILES string of the molecule is C[C@@]1(O)C(O)C(COP(=O)(O)OP(=O)(O)O)OC1n1cc(C=O)c2c(N)ncnc21. The van der Waals surface area contributed by atoms with Crippen LogP contribution in [0.3, 0.4) is 0 Å². The molecule has 1 fully saturated rings. The Bertz CT molecular complexity index is 1070. The van der Waals surface area contributed by atoms with Gasteiger partial charge in [-0.05, 0) is 6.92 Å². The minimum Gasteiger partial charge on any atom is -0.387 e. The van der Waals surface area contributed by atoms with Crippen LogP contribution in [0.15, 0.2) is 12.5 Å². The number of aliphatic hydroxyl groups excluding tert-OH is 1. The van der Waals surface area contributed by atoms with Gasteiger partial charge in [-0.2, -0.15) is 4.31 Å². The van der Waals surface area contributed by atoms with Gasteiger partial charge in [0, 0.05) is 11.8 Å². The molecule has 15 nitrogen and oxygen atoms in total. The third-order valence-electron chi connectivity index (χ3n) is 4.41. The van der Waals surface area contributed by atoms with E-state index in [1.165, 1.54) is 17.7 Å². The van der Waals surface area contributed by atoms with E-state index in [4.69, 9.17) is 20.3 Å². The molecule has 166 valence electrons. The quantitative estimate of drug-likeness (QED) is 0.212. The van der Waals surface area contributed by atoms with Crippen LogP contribution in [0.4, 0.5) is 5.82 Å². The van der Waals surface area contributed by atoms with Crippen LogP contribution in [0.25, 0.3) is 11.0 Å². The largest absolute Gasteiger partial charge is 0.481 e. The fourth-order valence-electron chi connectivity index (χ4n) is 3.11. The molecule has 0 aliphatic carbocycles. The van der Waals surface area contributed by atoms with Gasteiger partial charge in [-0.15, -0.1) is 0 Å². The number of carbonyl (C=O) groups is 1. The van der Waals surface area contributed by atoms with Crippen LogP contribution in [-0.4, -0.2) is 70.1 Å². The lowest BCUT2D eigenvalue weighted by Gasteiger charge is -2.27. The summed E-state index contributed by atoms with van der Waals surface area (Å²) in [5, 5.41) is 21.4. The number of nitrogen functional groups attached to an aromatic ring is 1. The second-order valence-electron chi connectivity index (χ2n) is 6.60. The molecule has 4 unspecified atom stereocenters. The summed E-state index contributed by atoms with van der Waals surface area (Å²) in [6.45, 7) is 0.322. The predicted octanol–water partition coefficient (Wildman–Crippen LogP) is -0.938. The third-order valence-corrected chi connectivity index (χ3v) is 6.57. The Labute approximate surface area is 167 Å². The van der Waals surface area contributed by atoms with E-state index in [0.29, 0.717) is 6.29 Å². The van der Waals surface area contributed by atoms with E-state index in [1.54, 1.807) is 0 Å². The molecule has 0 saturated carbocycles. The summed E-state index contributed by atoms with van der Waals surface area (Å²) < 4.78 is 37.2. The molecule has 2 aromatic rings. The number of hydrogen-bond donors (Lipinski definition) is 6. The highest BCUT2D eigenvalue weighted by Crippen LogP contribution is 2.58. The Kier molecular flexibility index (Phi) is 5.90. The molecule has 3 heterocycles. The monoisotopic (exact) mass is 468 g/mol. The van der Waals surface area contributed by atoms with E-state index >= 15 is 0 Å². The fourth-order valence-corrected chi connectivity index (χ4v) is 4.71. The van der Waals surface area contributed by atoms with Crippen LogP contribution < -0.4 is 5.73 Å². The first-order valence-corrected chi connectivity index (χ1v) is 11.2. The fraction of sp³-hybridized carbons (Fsp3) is 0.462. The van der Waals surface area contributed by atoms with Crippen molar-refractivity contribution in [2.75, 3.05) is 12.3 Å². The number of aliphatic hydroxyl groups is 2. The first kappa shape index (κ1) is 22.9. The van der Waals surface area contributed by atoms with Crippen LogP contribution in [0.1, 0.15) is 23.5 Å². The van der Waals surface area contributed by atoms with Crippen LogP contribution >= 0.6 is 15.6 Å². The molecule has 0 bridgehead atoms. The van der Waals surface area contributed by atoms with Crippen molar-refractivity contribution in [2.45, 2.75) is 31.0 Å². The Balaban J connectivity index is 1.89. The lowest BCUT2D eigenvalue weighted by Crippen LogP contribution is -2.44. The van der Waals surface area contributed by atoms with Crippen LogP contribution in [-0.2, 0) is 22.7 Å². The van der Waals surface area contributed by atoms with Crippen molar-refractivity contribution in [3.05, 3.63) is 18.1 Å². The van der Waals surface area contributed by atoms with Gasteiger partial charge in [0.2, 0.25) is 0 Å². The molecule has 17 heteroatoms. The number of carbonyl (C=O) groups excluding carboxylic acids is 1. The maximum Gasteiger partial charge on any atom is 0.481 e. The number of nitrogens with two attached hydrogens (primary N) is 1. The number of aromatic nitrogens is 3. The average molecular weight is 468 g/mol. The highest BCUT2D eigenvalue weighted by Gasteiger charge is 2.54. The number of anilines is 1. The summed E-state index contributed by atoms with van der Waals surface area (Å²) >= 11 is 0. The Morgan fingerprint density at radius 3 is 2.63 bits per heavy atom. The summed E-state index contributed by atoms with van der Waals surface area (Å²) in [5.74, 6) is -0.00488. The highest BCUT2D eigenvalue weighted by atomic mass is 31.3. The summed E-state index contributed by atoms with van der Waals surface area (Å²) in [6, 6.07) is 0. The van der Waals surface area contributed by atoms with Crippen molar-refractivity contribution in [3.8, 4) is 0 Å². The minimum absolute atomic E-state index is 0.00488. The summed E-state index contributed by atoms with van der Waals surface area (Å²) in [5.41, 5.74) is 3.97. The zero-order valence-electron chi connectivity index (χ0n) is 15.2. The number of nitrogens with zero attached hydrogens (tertiary/aromatic N) is 3. The molecule has 0 aromatic carbocycles. The predicted molar refractivity (Wildman–Crippen MR) is 96.8 cm³/mol. The summed E-state index contributed by atoms with van der Waals surface area (Å²) in [6.07, 6.45) is -1.60. The minimum atomic E-state index is -5.34. The lowest BCUT2D eigenvalue weighted by atomic mass is 9.96. The van der Waals surface area contributed by atoms with Gasteiger partial charge < -0.3 is 39.9 Å². The molecular formula is C13H18N4O11P2. The number of aldehydes is 1.